The summed E-state index contributed by atoms with van der Waals surface area (Å²) in [6.45, 7) is 4.06. The van der Waals surface area contributed by atoms with Gasteiger partial charge in [0.05, 0.1) is 11.9 Å². The summed E-state index contributed by atoms with van der Waals surface area (Å²) >= 11 is 0. The first-order valence-electron chi connectivity index (χ1n) is 13.1. The van der Waals surface area contributed by atoms with Crippen molar-refractivity contribution in [3.05, 3.63) is 59.7 Å². The van der Waals surface area contributed by atoms with Crippen LogP contribution in [0, 0.1) is 5.82 Å². The van der Waals surface area contributed by atoms with E-state index in [2.05, 4.69) is 31.1 Å². The lowest BCUT2D eigenvalue weighted by Crippen LogP contribution is -2.40. The monoisotopic (exact) mass is 485 g/mol. The molecule has 0 bridgehead atoms. The van der Waals surface area contributed by atoms with Gasteiger partial charge in [-0.15, -0.1) is 0 Å². The zero-order valence-electron chi connectivity index (χ0n) is 20.6. The molecule has 0 unspecified atom stereocenters. The number of phenols is 1. The number of phenolic OH excluding ortho intramolecular Hbond substituents is 1. The third-order valence-corrected chi connectivity index (χ3v) is 7.86. The van der Waals surface area contributed by atoms with Crippen LogP contribution in [0.3, 0.4) is 0 Å². The zero-order valence-corrected chi connectivity index (χ0v) is 20.6. The average Bonchev–Trinajstić information content (AvgIpc) is 3.58. The molecule has 2 aromatic carbocycles. The Morgan fingerprint density at radius 3 is 2.78 bits per heavy atom. The molecule has 0 amide bonds. The van der Waals surface area contributed by atoms with E-state index in [4.69, 9.17) is 0 Å². The lowest BCUT2D eigenvalue weighted by Gasteiger charge is -2.36. The number of imidazole rings is 1. The number of rotatable bonds is 5. The van der Waals surface area contributed by atoms with Crippen molar-refractivity contribution in [2.75, 3.05) is 13.1 Å². The van der Waals surface area contributed by atoms with E-state index in [0.29, 0.717) is 34.9 Å². The molecule has 0 atom stereocenters. The summed E-state index contributed by atoms with van der Waals surface area (Å²) < 4.78 is 15.6. The largest absolute Gasteiger partial charge is 0.508 e. The highest BCUT2D eigenvalue weighted by molar-refractivity contribution is 5.95. The van der Waals surface area contributed by atoms with Crippen molar-refractivity contribution in [1.29, 1.82) is 0 Å². The van der Waals surface area contributed by atoms with Crippen molar-refractivity contribution < 1.29 is 9.50 Å². The number of H-pyrrole nitrogens is 2. The lowest BCUT2D eigenvalue weighted by atomic mass is 9.92. The van der Waals surface area contributed by atoms with E-state index in [1.807, 2.05) is 19.2 Å². The fourth-order valence-corrected chi connectivity index (χ4v) is 5.90. The molecule has 36 heavy (non-hydrogen) atoms. The number of fused-ring (bicyclic) bond motifs is 1. The third kappa shape index (κ3) is 4.11. The van der Waals surface area contributed by atoms with E-state index in [0.717, 1.165) is 36.3 Å². The molecule has 0 radical (unpaired) electrons. The third-order valence-electron chi connectivity index (χ3n) is 7.86. The number of hydrogen-bond acceptors (Lipinski definition) is 4. The van der Waals surface area contributed by atoms with Gasteiger partial charge in [0.15, 0.2) is 11.6 Å². The molecule has 2 aromatic heterocycles. The zero-order chi connectivity index (χ0) is 24.6. The van der Waals surface area contributed by atoms with Gasteiger partial charge in [-0.05, 0) is 60.6 Å². The quantitative estimate of drug-likeness (QED) is 0.303. The minimum Gasteiger partial charge on any atom is -0.508 e. The van der Waals surface area contributed by atoms with Crippen LogP contribution in [-0.4, -0.2) is 49.3 Å². The van der Waals surface area contributed by atoms with Crippen molar-refractivity contribution in [3.8, 4) is 28.4 Å². The van der Waals surface area contributed by atoms with Crippen LogP contribution in [0.15, 0.2) is 42.6 Å². The normalized spacial score (nSPS) is 17.6. The van der Waals surface area contributed by atoms with Gasteiger partial charge in [-0.2, -0.15) is 5.10 Å². The number of aromatic amines is 2. The number of hydrogen-bond donors (Lipinski definition) is 3. The second kappa shape index (κ2) is 9.54. The van der Waals surface area contributed by atoms with Crippen LogP contribution < -0.4 is 0 Å². The number of nitrogens with zero attached hydrogens (tertiary/aromatic N) is 3. The van der Waals surface area contributed by atoms with Crippen LogP contribution in [0.1, 0.15) is 56.7 Å². The minimum atomic E-state index is -0.375. The highest BCUT2D eigenvalue weighted by atomic mass is 19.1. The van der Waals surface area contributed by atoms with Gasteiger partial charge in [-0.25, -0.2) is 9.37 Å². The smallest absolute Gasteiger partial charge is 0.159 e. The molecule has 6 nitrogen and oxygen atoms in total. The maximum atomic E-state index is 15.6. The lowest BCUT2D eigenvalue weighted by molar-refractivity contribution is 0.173. The number of halogens is 1. The number of aromatic hydroxyl groups is 1. The molecule has 1 saturated carbocycles. The van der Waals surface area contributed by atoms with Crippen LogP contribution >= 0.6 is 0 Å². The summed E-state index contributed by atoms with van der Waals surface area (Å²) in [5.74, 6) is 0.470. The SMILES string of the molecule is CCc1cc(O)ccc1-c1ccc2c(-c3ncc(C4=CCCN(C5CCCCC5)C4)[nH]3)[nH]nc2c1F. The highest BCUT2D eigenvalue weighted by Gasteiger charge is 2.25. The van der Waals surface area contributed by atoms with E-state index in [-0.39, 0.29) is 17.1 Å². The van der Waals surface area contributed by atoms with E-state index in [1.165, 1.54) is 37.7 Å². The Morgan fingerprint density at radius 2 is 1.94 bits per heavy atom. The first-order valence-corrected chi connectivity index (χ1v) is 13.1. The van der Waals surface area contributed by atoms with Gasteiger partial charge in [0.1, 0.15) is 17.0 Å². The molecule has 4 aromatic rings. The maximum absolute atomic E-state index is 15.6. The van der Waals surface area contributed by atoms with Gasteiger partial charge >= 0.3 is 0 Å². The van der Waals surface area contributed by atoms with Crippen LogP contribution in [0.2, 0.25) is 0 Å². The number of aryl methyl sites for hydroxylation is 1. The Kier molecular flexibility index (Phi) is 6.09. The fraction of sp³-hybridized carbons (Fsp3) is 0.379. The number of benzene rings is 2. The molecule has 1 fully saturated rings. The molecule has 3 heterocycles. The molecular weight excluding hydrogens is 453 g/mol. The predicted molar refractivity (Wildman–Crippen MR) is 141 cm³/mol. The summed E-state index contributed by atoms with van der Waals surface area (Å²) in [5.41, 5.74) is 5.41. The van der Waals surface area contributed by atoms with Gasteiger partial charge in [-0.1, -0.05) is 44.4 Å². The Hall–Kier alpha value is -3.45. The summed E-state index contributed by atoms with van der Waals surface area (Å²) in [6.07, 6.45) is 12.6. The first-order chi connectivity index (χ1) is 17.6. The minimum absolute atomic E-state index is 0.183. The van der Waals surface area contributed by atoms with E-state index in [1.54, 1.807) is 24.3 Å². The maximum Gasteiger partial charge on any atom is 0.159 e. The van der Waals surface area contributed by atoms with Crippen LogP contribution in [0.4, 0.5) is 4.39 Å². The molecule has 2 aliphatic rings. The standard InChI is InChI=1S/C29H32FN5O/c1-2-18-15-21(36)10-11-22(18)23-12-13-24-27(26(23)30)33-34-28(24)29-31-16-25(32-29)19-7-6-14-35(17-19)20-8-4-3-5-9-20/h7,10-13,15-16,20,36H,2-6,8-9,14,17H2,1H3,(H,31,32)(H,33,34). The second-order valence-corrected chi connectivity index (χ2v) is 10.0. The van der Waals surface area contributed by atoms with Crippen molar-refractivity contribution in [2.24, 2.45) is 0 Å². The van der Waals surface area contributed by atoms with Gasteiger partial charge in [0.25, 0.3) is 0 Å². The van der Waals surface area contributed by atoms with Crippen molar-refractivity contribution in [2.45, 2.75) is 57.9 Å². The molecular formula is C29H32FN5O. The summed E-state index contributed by atoms with van der Waals surface area (Å²) in [5, 5.41) is 17.9. The molecule has 1 aliphatic heterocycles. The topological polar surface area (TPSA) is 80.8 Å². The Morgan fingerprint density at radius 1 is 1.11 bits per heavy atom. The number of aromatic nitrogens is 4. The predicted octanol–water partition coefficient (Wildman–Crippen LogP) is 6.45. The van der Waals surface area contributed by atoms with Crippen molar-refractivity contribution >= 4 is 16.5 Å². The molecule has 0 spiro atoms. The van der Waals surface area contributed by atoms with Gasteiger partial charge in [-0.3, -0.25) is 10.00 Å². The van der Waals surface area contributed by atoms with Crippen LogP contribution in [0.5, 0.6) is 5.75 Å². The summed E-state index contributed by atoms with van der Waals surface area (Å²) in [4.78, 5) is 10.7. The first kappa shape index (κ1) is 23.0. The van der Waals surface area contributed by atoms with Gasteiger partial charge in [0, 0.05) is 30.1 Å². The van der Waals surface area contributed by atoms with Gasteiger partial charge < -0.3 is 10.1 Å². The molecule has 186 valence electrons. The number of nitrogens with one attached hydrogen (secondary N) is 2. The van der Waals surface area contributed by atoms with E-state index < -0.39 is 0 Å². The van der Waals surface area contributed by atoms with E-state index >= 15 is 4.39 Å². The molecule has 0 saturated heterocycles. The van der Waals surface area contributed by atoms with Crippen LogP contribution in [0.25, 0.3) is 39.1 Å². The van der Waals surface area contributed by atoms with E-state index in [9.17, 15) is 5.11 Å². The van der Waals surface area contributed by atoms with Gasteiger partial charge in [0.2, 0.25) is 0 Å². The Bertz CT molecular complexity index is 1430. The molecule has 7 heteroatoms. The summed E-state index contributed by atoms with van der Waals surface area (Å²) in [6, 6.07) is 9.42. The molecule has 3 N–H and O–H groups in total. The molecule has 1 aliphatic carbocycles. The molecule has 6 rings (SSSR count). The van der Waals surface area contributed by atoms with Crippen molar-refractivity contribution in [1.82, 2.24) is 25.1 Å². The Labute approximate surface area is 210 Å². The van der Waals surface area contributed by atoms with Crippen molar-refractivity contribution in [3.63, 3.8) is 0 Å². The summed E-state index contributed by atoms with van der Waals surface area (Å²) in [7, 11) is 0. The Balaban J connectivity index is 1.29. The van der Waals surface area contributed by atoms with Crippen LogP contribution in [-0.2, 0) is 6.42 Å². The second-order valence-electron chi connectivity index (χ2n) is 10.0. The fourth-order valence-electron chi connectivity index (χ4n) is 5.90. The average molecular weight is 486 g/mol. The highest BCUT2D eigenvalue weighted by Crippen LogP contribution is 2.35.